The Morgan fingerprint density at radius 2 is 2.50 bits per heavy atom. The monoisotopic (exact) mass is 214 g/mol. The number of oxime groups is 1. The summed E-state index contributed by atoms with van der Waals surface area (Å²) in [4.78, 5) is 0. The molecule has 0 aromatic carbocycles. The predicted molar refractivity (Wildman–Crippen MR) is 56.7 cm³/mol. The Morgan fingerprint density at radius 3 is 3.00 bits per heavy atom. The molecule has 0 amide bonds. The number of hydrogen-bond donors (Lipinski definition) is 2. The SMILES string of the molecule is Cc1cc(SCCC(N)=NO)n(C)n1. The van der Waals surface area contributed by atoms with Gasteiger partial charge in [-0.2, -0.15) is 5.10 Å². The molecule has 0 radical (unpaired) electrons. The van der Waals surface area contributed by atoms with Crippen LogP contribution in [0.2, 0.25) is 0 Å². The van der Waals surface area contributed by atoms with Crippen molar-refractivity contribution < 1.29 is 5.21 Å². The summed E-state index contributed by atoms with van der Waals surface area (Å²) in [6.45, 7) is 1.95. The van der Waals surface area contributed by atoms with E-state index in [1.54, 1.807) is 11.8 Å². The van der Waals surface area contributed by atoms with Gasteiger partial charge in [0.1, 0.15) is 5.84 Å². The molecule has 1 aromatic rings. The van der Waals surface area contributed by atoms with E-state index in [1.807, 2.05) is 24.7 Å². The van der Waals surface area contributed by atoms with Crippen molar-refractivity contribution in [2.75, 3.05) is 5.75 Å². The lowest BCUT2D eigenvalue weighted by Gasteiger charge is -2.00. The molecule has 6 heteroatoms. The molecule has 0 fully saturated rings. The average molecular weight is 214 g/mol. The highest BCUT2D eigenvalue weighted by Crippen LogP contribution is 2.18. The van der Waals surface area contributed by atoms with E-state index in [0.29, 0.717) is 6.42 Å². The minimum atomic E-state index is 0.261. The summed E-state index contributed by atoms with van der Waals surface area (Å²) in [7, 11) is 1.90. The fourth-order valence-electron chi connectivity index (χ4n) is 1.03. The van der Waals surface area contributed by atoms with Crippen molar-refractivity contribution in [2.24, 2.45) is 17.9 Å². The van der Waals surface area contributed by atoms with Crippen molar-refractivity contribution in [3.05, 3.63) is 11.8 Å². The van der Waals surface area contributed by atoms with Crippen LogP contribution in [0.4, 0.5) is 0 Å². The van der Waals surface area contributed by atoms with E-state index in [0.717, 1.165) is 16.5 Å². The van der Waals surface area contributed by atoms with E-state index in [1.165, 1.54) is 0 Å². The van der Waals surface area contributed by atoms with Crippen LogP contribution < -0.4 is 5.73 Å². The van der Waals surface area contributed by atoms with Gasteiger partial charge in [-0.1, -0.05) is 5.16 Å². The Morgan fingerprint density at radius 1 is 1.79 bits per heavy atom. The molecule has 14 heavy (non-hydrogen) atoms. The molecule has 0 unspecified atom stereocenters. The van der Waals surface area contributed by atoms with Gasteiger partial charge in [0, 0.05) is 19.2 Å². The Kier molecular flexibility index (Phi) is 3.82. The Bertz CT molecular complexity index is 334. The fourth-order valence-corrected chi connectivity index (χ4v) is 2.03. The van der Waals surface area contributed by atoms with Gasteiger partial charge in [0.05, 0.1) is 10.7 Å². The summed E-state index contributed by atoms with van der Waals surface area (Å²) >= 11 is 1.64. The van der Waals surface area contributed by atoms with E-state index >= 15 is 0 Å². The summed E-state index contributed by atoms with van der Waals surface area (Å²) in [6.07, 6.45) is 0.575. The lowest BCUT2D eigenvalue weighted by molar-refractivity contribution is 0.317. The molecule has 5 nitrogen and oxygen atoms in total. The number of amidine groups is 1. The topological polar surface area (TPSA) is 76.4 Å². The van der Waals surface area contributed by atoms with Crippen LogP contribution in [0.25, 0.3) is 0 Å². The first-order chi connectivity index (χ1) is 6.63. The highest BCUT2D eigenvalue weighted by Gasteiger charge is 2.02. The van der Waals surface area contributed by atoms with Gasteiger partial charge in [-0.25, -0.2) is 0 Å². The van der Waals surface area contributed by atoms with Crippen molar-refractivity contribution in [3.8, 4) is 0 Å². The van der Waals surface area contributed by atoms with Gasteiger partial charge in [-0.15, -0.1) is 11.8 Å². The molecular weight excluding hydrogens is 200 g/mol. The first-order valence-corrected chi connectivity index (χ1v) is 5.22. The Labute approximate surface area is 87.0 Å². The second-order valence-corrected chi connectivity index (χ2v) is 4.05. The normalized spacial score (nSPS) is 12.0. The number of aryl methyl sites for hydroxylation is 2. The van der Waals surface area contributed by atoms with Crippen molar-refractivity contribution in [3.63, 3.8) is 0 Å². The molecule has 0 bridgehead atoms. The first kappa shape index (κ1) is 10.9. The van der Waals surface area contributed by atoms with Crippen molar-refractivity contribution in [1.29, 1.82) is 0 Å². The van der Waals surface area contributed by atoms with Gasteiger partial charge in [0.25, 0.3) is 0 Å². The number of nitrogens with zero attached hydrogens (tertiary/aromatic N) is 3. The minimum absolute atomic E-state index is 0.261. The highest BCUT2D eigenvalue weighted by atomic mass is 32.2. The zero-order valence-electron chi connectivity index (χ0n) is 8.27. The molecule has 1 heterocycles. The van der Waals surface area contributed by atoms with Crippen molar-refractivity contribution >= 4 is 17.6 Å². The van der Waals surface area contributed by atoms with E-state index < -0.39 is 0 Å². The number of nitrogens with two attached hydrogens (primary N) is 1. The molecule has 78 valence electrons. The van der Waals surface area contributed by atoms with E-state index in [2.05, 4.69) is 10.3 Å². The largest absolute Gasteiger partial charge is 0.409 e. The molecule has 1 rings (SSSR count). The summed E-state index contributed by atoms with van der Waals surface area (Å²) in [5, 5.41) is 16.5. The van der Waals surface area contributed by atoms with E-state index in [9.17, 15) is 0 Å². The van der Waals surface area contributed by atoms with Gasteiger partial charge in [0.2, 0.25) is 0 Å². The summed E-state index contributed by atoms with van der Waals surface area (Å²) in [6, 6.07) is 2.01. The maximum absolute atomic E-state index is 8.33. The van der Waals surface area contributed by atoms with Gasteiger partial charge in [-0.05, 0) is 13.0 Å². The van der Waals surface area contributed by atoms with Crippen LogP contribution in [-0.2, 0) is 7.05 Å². The van der Waals surface area contributed by atoms with E-state index in [-0.39, 0.29) is 5.84 Å². The third kappa shape index (κ3) is 2.95. The van der Waals surface area contributed by atoms with Crippen LogP contribution >= 0.6 is 11.8 Å². The Hall–Kier alpha value is -1.17. The zero-order chi connectivity index (χ0) is 10.6. The van der Waals surface area contributed by atoms with Crippen LogP contribution in [0, 0.1) is 6.92 Å². The lowest BCUT2D eigenvalue weighted by Crippen LogP contribution is -2.12. The fraction of sp³-hybridized carbons (Fsp3) is 0.500. The molecule has 0 atom stereocenters. The molecule has 0 aliphatic carbocycles. The predicted octanol–water partition coefficient (Wildman–Crippen LogP) is 0.957. The van der Waals surface area contributed by atoms with Gasteiger partial charge in [-0.3, -0.25) is 4.68 Å². The highest BCUT2D eigenvalue weighted by molar-refractivity contribution is 7.99. The maximum atomic E-state index is 8.33. The molecule has 0 saturated carbocycles. The molecular formula is C8H14N4OS. The summed E-state index contributed by atoms with van der Waals surface area (Å²) in [5.74, 6) is 1.05. The summed E-state index contributed by atoms with van der Waals surface area (Å²) < 4.78 is 1.83. The Balaban J connectivity index is 2.42. The van der Waals surface area contributed by atoms with E-state index in [4.69, 9.17) is 10.9 Å². The van der Waals surface area contributed by atoms with Gasteiger partial charge in [0.15, 0.2) is 0 Å². The third-order valence-corrected chi connectivity index (χ3v) is 2.78. The zero-order valence-corrected chi connectivity index (χ0v) is 9.08. The number of hydrogen-bond acceptors (Lipinski definition) is 4. The molecule has 0 aliphatic heterocycles. The number of aromatic nitrogens is 2. The van der Waals surface area contributed by atoms with Crippen LogP contribution in [0.15, 0.2) is 16.2 Å². The van der Waals surface area contributed by atoms with Crippen molar-refractivity contribution in [1.82, 2.24) is 9.78 Å². The number of rotatable bonds is 4. The van der Waals surface area contributed by atoms with Crippen LogP contribution in [-0.4, -0.2) is 26.6 Å². The molecule has 1 aromatic heterocycles. The second kappa shape index (κ2) is 4.90. The standard InChI is InChI=1S/C8H14N4OS/c1-6-5-8(12(2)10-6)14-4-3-7(9)11-13/h5,13H,3-4H2,1-2H3,(H2,9,11). The quantitative estimate of drug-likeness (QED) is 0.257. The van der Waals surface area contributed by atoms with Crippen LogP contribution in [0.3, 0.4) is 0 Å². The van der Waals surface area contributed by atoms with Crippen LogP contribution in [0.1, 0.15) is 12.1 Å². The third-order valence-electron chi connectivity index (χ3n) is 1.70. The molecule has 0 aliphatic rings. The average Bonchev–Trinajstić information content (AvgIpc) is 2.45. The van der Waals surface area contributed by atoms with Crippen LogP contribution in [0.5, 0.6) is 0 Å². The smallest absolute Gasteiger partial charge is 0.139 e. The first-order valence-electron chi connectivity index (χ1n) is 4.23. The van der Waals surface area contributed by atoms with Gasteiger partial charge < -0.3 is 10.9 Å². The minimum Gasteiger partial charge on any atom is -0.409 e. The number of thioether (sulfide) groups is 1. The summed E-state index contributed by atoms with van der Waals surface area (Å²) in [5.41, 5.74) is 6.34. The lowest BCUT2D eigenvalue weighted by atomic mass is 10.5. The second-order valence-electron chi connectivity index (χ2n) is 2.94. The maximum Gasteiger partial charge on any atom is 0.139 e. The molecule has 0 saturated heterocycles. The molecule has 0 spiro atoms. The molecule has 3 N–H and O–H groups in total. The van der Waals surface area contributed by atoms with Crippen molar-refractivity contribution in [2.45, 2.75) is 18.4 Å². The van der Waals surface area contributed by atoms with Gasteiger partial charge >= 0.3 is 0 Å².